The standard InChI is InChI=1S/C16H16ClNO/c1-10-5-6-11(17)9-15(10)18-14-8-7-13-12(14)3-2-4-16(13)19/h2-6,9,14,18-19H,7-8H2,1H3. The first-order valence-corrected chi connectivity index (χ1v) is 6.86. The van der Waals surface area contributed by atoms with Gasteiger partial charge in [0, 0.05) is 10.7 Å². The van der Waals surface area contributed by atoms with E-state index in [2.05, 4.69) is 18.3 Å². The Morgan fingerprint density at radius 3 is 2.95 bits per heavy atom. The van der Waals surface area contributed by atoms with Crippen molar-refractivity contribution in [2.45, 2.75) is 25.8 Å². The van der Waals surface area contributed by atoms with E-state index in [0.717, 1.165) is 29.1 Å². The summed E-state index contributed by atoms with van der Waals surface area (Å²) >= 11 is 6.05. The molecular formula is C16H16ClNO. The van der Waals surface area contributed by atoms with Gasteiger partial charge in [0.05, 0.1) is 6.04 Å². The lowest BCUT2D eigenvalue weighted by atomic mass is 10.1. The molecular weight excluding hydrogens is 258 g/mol. The van der Waals surface area contributed by atoms with Crippen molar-refractivity contribution in [3.63, 3.8) is 0 Å². The lowest BCUT2D eigenvalue weighted by molar-refractivity contribution is 0.469. The van der Waals surface area contributed by atoms with Crippen LogP contribution in [-0.2, 0) is 6.42 Å². The van der Waals surface area contributed by atoms with Gasteiger partial charge in [-0.15, -0.1) is 0 Å². The van der Waals surface area contributed by atoms with Crippen LogP contribution in [0.3, 0.4) is 0 Å². The Labute approximate surface area is 118 Å². The largest absolute Gasteiger partial charge is 0.508 e. The minimum absolute atomic E-state index is 0.249. The number of aromatic hydroxyl groups is 1. The number of anilines is 1. The normalized spacial score (nSPS) is 17.3. The number of aryl methyl sites for hydroxylation is 1. The Hall–Kier alpha value is -1.67. The van der Waals surface area contributed by atoms with E-state index in [1.165, 1.54) is 11.1 Å². The third kappa shape index (κ3) is 2.28. The number of phenolic OH excluding ortho intramolecular Hbond substituents is 1. The molecule has 0 aromatic heterocycles. The number of rotatable bonds is 2. The third-order valence-corrected chi connectivity index (χ3v) is 4.01. The molecule has 0 radical (unpaired) electrons. The van der Waals surface area contributed by atoms with Gasteiger partial charge in [0.15, 0.2) is 0 Å². The van der Waals surface area contributed by atoms with Crippen LogP contribution in [0.4, 0.5) is 5.69 Å². The van der Waals surface area contributed by atoms with Crippen LogP contribution in [-0.4, -0.2) is 5.11 Å². The van der Waals surface area contributed by atoms with Crippen LogP contribution in [0, 0.1) is 6.92 Å². The van der Waals surface area contributed by atoms with Crippen molar-refractivity contribution in [3.8, 4) is 5.75 Å². The van der Waals surface area contributed by atoms with Crippen LogP contribution >= 0.6 is 11.6 Å². The van der Waals surface area contributed by atoms with E-state index in [9.17, 15) is 5.11 Å². The van der Waals surface area contributed by atoms with E-state index in [0.29, 0.717) is 5.75 Å². The number of halogens is 1. The lowest BCUT2D eigenvalue weighted by Crippen LogP contribution is -2.08. The highest BCUT2D eigenvalue weighted by Gasteiger charge is 2.24. The lowest BCUT2D eigenvalue weighted by Gasteiger charge is -2.17. The summed E-state index contributed by atoms with van der Waals surface area (Å²) in [5, 5.41) is 14.1. The zero-order valence-electron chi connectivity index (χ0n) is 10.8. The van der Waals surface area contributed by atoms with Crippen LogP contribution in [0.1, 0.15) is 29.2 Å². The zero-order valence-corrected chi connectivity index (χ0v) is 11.5. The number of hydrogen-bond donors (Lipinski definition) is 2. The second-order valence-corrected chi connectivity index (χ2v) is 5.48. The highest BCUT2D eigenvalue weighted by atomic mass is 35.5. The molecule has 0 saturated carbocycles. The molecule has 1 aliphatic carbocycles. The Morgan fingerprint density at radius 2 is 2.11 bits per heavy atom. The number of nitrogens with one attached hydrogen (secondary N) is 1. The molecule has 0 fully saturated rings. The SMILES string of the molecule is Cc1ccc(Cl)cc1NC1CCc2c(O)cccc21. The first-order valence-electron chi connectivity index (χ1n) is 6.48. The summed E-state index contributed by atoms with van der Waals surface area (Å²) in [4.78, 5) is 0. The average molecular weight is 274 g/mol. The van der Waals surface area contributed by atoms with Gasteiger partial charge in [0.1, 0.15) is 5.75 Å². The molecule has 0 saturated heterocycles. The molecule has 0 spiro atoms. The Morgan fingerprint density at radius 1 is 1.26 bits per heavy atom. The van der Waals surface area contributed by atoms with E-state index in [-0.39, 0.29) is 6.04 Å². The van der Waals surface area contributed by atoms with E-state index < -0.39 is 0 Å². The van der Waals surface area contributed by atoms with Crippen molar-refractivity contribution in [2.24, 2.45) is 0 Å². The predicted molar refractivity (Wildman–Crippen MR) is 79.0 cm³/mol. The summed E-state index contributed by atoms with van der Waals surface area (Å²) in [5.74, 6) is 0.407. The van der Waals surface area contributed by atoms with E-state index in [1.54, 1.807) is 6.07 Å². The Bertz CT molecular complexity index is 624. The topological polar surface area (TPSA) is 32.3 Å². The predicted octanol–water partition coefficient (Wildman–Crippen LogP) is 4.45. The smallest absolute Gasteiger partial charge is 0.119 e. The van der Waals surface area contributed by atoms with Gasteiger partial charge in [-0.25, -0.2) is 0 Å². The van der Waals surface area contributed by atoms with Gasteiger partial charge in [-0.05, 0) is 54.7 Å². The Balaban J connectivity index is 1.91. The third-order valence-electron chi connectivity index (χ3n) is 3.78. The van der Waals surface area contributed by atoms with Gasteiger partial charge < -0.3 is 10.4 Å². The number of benzene rings is 2. The van der Waals surface area contributed by atoms with Crippen LogP contribution in [0.2, 0.25) is 5.02 Å². The molecule has 3 rings (SSSR count). The molecule has 2 aromatic carbocycles. The summed E-state index contributed by atoms with van der Waals surface area (Å²) in [6.07, 6.45) is 1.91. The molecule has 19 heavy (non-hydrogen) atoms. The minimum Gasteiger partial charge on any atom is -0.508 e. The maximum atomic E-state index is 9.87. The summed E-state index contributed by atoms with van der Waals surface area (Å²) in [5.41, 5.74) is 4.51. The number of hydrogen-bond acceptors (Lipinski definition) is 2. The fraction of sp³-hybridized carbons (Fsp3) is 0.250. The van der Waals surface area contributed by atoms with Crippen LogP contribution in [0.25, 0.3) is 0 Å². The van der Waals surface area contributed by atoms with Crippen LogP contribution in [0.5, 0.6) is 5.75 Å². The molecule has 3 heteroatoms. The molecule has 0 aliphatic heterocycles. The van der Waals surface area contributed by atoms with Crippen LogP contribution in [0.15, 0.2) is 36.4 Å². The molecule has 0 heterocycles. The second kappa shape index (κ2) is 4.78. The molecule has 2 aromatic rings. The van der Waals surface area contributed by atoms with Crippen molar-refractivity contribution in [2.75, 3.05) is 5.32 Å². The van der Waals surface area contributed by atoms with Crippen molar-refractivity contribution in [3.05, 3.63) is 58.1 Å². The van der Waals surface area contributed by atoms with E-state index in [4.69, 9.17) is 11.6 Å². The Kier molecular flexibility index (Phi) is 3.11. The fourth-order valence-electron chi connectivity index (χ4n) is 2.72. The van der Waals surface area contributed by atoms with Crippen molar-refractivity contribution in [1.82, 2.24) is 0 Å². The van der Waals surface area contributed by atoms with Gasteiger partial charge in [-0.3, -0.25) is 0 Å². The molecule has 98 valence electrons. The average Bonchev–Trinajstić information content (AvgIpc) is 2.79. The molecule has 1 unspecified atom stereocenters. The fourth-order valence-corrected chi connectivity index (χ4v) is 2.89. The minimum atomic E-state index is 0.249. The molecule has 1 atom stereocenters. The summed E-state index contributed by atoms with van der Waals surface area (Å²) in [6.45, 7) is 2.07. The van der Waals surface area contributed by atoms with Crippen molar-refractivity contribution < 1.29 is 5.11 Å². The van der Waals surface area contributed by atoms with E-state index >= 15 is 0 Å². The molecule has 2 N–H and O–H groups in total. The maximum absolute atomic E-state index is 9.87. The van der Waals surface area contributed by atoms with Crippen LogP contribution < -0.4 is 5.32 Å². The van der Waals surface area contributed by atoms with Gasteiger partial charge in [0.2, 0.25) is 0 Å². The maximum Gasteiger partial charge on any atom is 0.119 e. The molecule has 0 bridgehead atoms. The number of fused-ring (bicyclic) bond motifs is 1. The first kappa shape index (κ1) is 12.4. The van der Waals surface area contributed by atoms with Gasteiger partial charge in [-0.1, -0.05) is 29.8 Å². The second-order valence-electron chi connectivity index (χ2n) is 5.04. The molecule has 0 amide bonds. The summed E-state index contributed by atoms with van der Waals surface area (Å²) in [6, 6.07) is 11.9. The monoisotopic (exact) mass is 273 g/mol. The molecule has 2 nitrogen and oxygen atoms in total. The van der Waals surface area contributed by atoms with Crippen molar-refractivity contribution in [1.29, 1.82) is 0 Å². The van der Waals surface area contributed by atoms with Gasteiger partial charge in [0.25, 0.3) is 0 Å². The number of phenols is 1. The summed E-state index contributed by atoms with van der Waals surface area (Å²) < 4.78 is 0. The molecule has 1 aliphatic rings. The van der Waals surface area contributed by atoms with E-state index in [1.807, 2.05) is 24.3 Å². The van der Waals surface area contributed by atoms with Gasteiger partial charge in [-0.2, -0.15) is 0 Å². The highest BCUT2D eigenvalue weighted by molar-refractivity contribution is 6.30. The first-order chi connectivity index (χ1) is 9.15. The summed E-state index contributed by atoms with van der Waals surface area (Å²) in [7, 11) is 0. The highest BCUT2D eigenvalue weighted by Crippen LogP contribution is 2.38. The quantitative estimate of drug-likeness (QED) is 0.847. The van der Waals surface area contributed by atoms with Gasteiger partial charge >= 0.3 is 0 Å². The van der Waals surface area contributed by atoms with Crippen molar-refractivity contribution >= 4 is 17.3 Å². The zero-order chi connectivity index (χ0) is 13.4.